The molecule has 1 atom stereocenters. The van der Waals surface area contributed by atoms with E-state index in [1.54, 1.807) is 5.51 Å². The minimum Gasteiger partial charge on any atom is -0.332 e. The van der Waals surface area contributed by atoms with Crippen molar-refractivity contribution in [3.63, 3.8) is 0 Å². The van der Waals surface area contributed by atoms with Gasteiger partial charge in [0.05, 0.1) is 6.04 Å². The van der Waals surface area contributed by atoms with Crippen molar-refractivity contribution in [2.45, 2.75) is 32.7 Å². The average Bonchev–Trinajstić information content (AvgIpc) is 3.06. The molecule has 0 aliphatic carbocycles. The zero-order valence-corrected chi connectivity index (χ0v) is 12.4. The fourth-order valence-corrected chi connectivity index (χ4v) is 2.62. The molecule has 2 heterocycles. The third-order valence-corrected chi connectivity index (χ3v) is 3.78. The molecule has 1 aromatic heterocycles. The van der Waals surface area contributed by atoms with Crippen LogP contribution in [0.15, 0.2) is 17.7 Å². The molecule has 2 rings (SSSR count). The lowest BCUT2D eigenvalue weighted by Crippen LogP contribution is -2.39. The van der Waals surface area contributed by atoms with Gasteiger partial charge < -0.3 is 10.2 Å². The van der Waals surface area contributed by atoms with Crippen LogP contribution in [0.4, 0.5) is 5.13 Å². The number of carbonyl (C=O) groups is 2. The Morgan fingerprint density at radius 1 is 1.50 bits per heavy atom. The second-order valence-corrected chi connectivity index (χ2v) is 5.83. The largest absolute Gasteiger partial charge is 0.332 e. The third-order valence-electron chi connectivity index (χ3n) is 3.17. The molecule has 0 spiro atoms. The van der Waals surface area contributed by atoms with Crippen molar-refractivity contribution in [3.8, 4) is 0 Å². The van der Waals surface area contributed by atoms with E-state index in [1.165, 1.54) is 11.3 Å². The fourth-order valence-electron chi connectivity index (χ4n) is 2.16. The summed E-state index contributed by atoms with van der Waals surface area (Å²) in [4.78, 5) is 25.7. The Bertz CT molecular complexity index is 498. The molecule has 0 bridgehead atoms. The Morgan fingerprint density at radius 2 is 2.30 bits per heavy atom. The molecule has 6 nitrogen and oxygen atoms in total. The maximum atomic E-state index is 12.1. The predicted molar refractivity (Wildman–Crippen MR) is 77.3 cm³/mol. The van der Waals surface area contributed by atoms with Gasteiger partial charge in [0, 0.05) is 19.4 Å². The Kier molecular flexibility index (Phi) is 4.84. The number of nitrogens with zero attached hydrogens (tertiary/aromatic N) is 3. The van der Waals surface area contributed by atoms with Crippen LogP contribution < -0.4 is 5.32 Å². The van der Waals surface area contributed by atoms with E-state index in [0.29, 0.717) is 17.6 Å². The maximum absolute atomic E-state index is 12.1. The third kappa shape index (κ3) is 3.63. The number of nitrogens with one attached hydrogen (secondary N) is 1. The van der Waals surface area contributed by atoms with Crippen LogP contribution in [0.1, 0.15) is 26.7 Å². The highest BCUT2D eigenvalue weighted by Gasteiger charge is 2.26. The number of anilines is 1. The molecule has 0 fully saturated rings. The molecule has 108 valence electrons. The highest BCUT2D eigenvalue weighted by atomic mass is 32.1. The minimum absolute atomic E-state index is 0.0149. The zero-order chi connectivity index (χ0) is 14.5. The van der Waals surface area contributed by atoms with Crippen molar-refractivity contribution >= 4 is 28.3 Å². The average molecular weight is 294 g/mol. The molecule has 7 heteroatoms. The van der Waals surface area contributed by atoms with Crippen LogP contribution in [0.25, 0.3) is 0 Å². The number of hydrogen-bond donors (Lipinski definition) is 1. The van der Waals surface area contributed by atoms with Crippen molar-refractivity contribution < 1.29 is 9.59 Å². The monoisotopic (exact) mass is 294 g/mol. The summed E-state index contributed by atoms with van der Waals surface area (Å²) in [5.74, 6) is 0.192. The molecule has 1 aliphatic rings. The van der Waals surface area contributed by atoms with Gasteiger partial charge in [-0.1, -0.05) is 37.3 Å². The van der Waals surface area contributed by atoms with Crippen LogP contribution in [0.3, 0.4) is 0 Å². The maximum Gasteiger partial charge on any atom is 0.226 e. The summed E-state index contributed by atoms with van der Waals surface area (Å²) in [6.45, 7) is 4.81. The number of amides is 2. The molecule has 20 heavy (non-hydrogen) atoms. The smallest absolute Gasteiger partial charge is 0.226 e. The lowest BCUT2D eigenvalue weighted by Gasteiger charge is -2.27. The van der Waals surface area contributed by atoms with Crippen molar-refractivity contribution in [1.82, 2.24) is 15.1 Å². The summed E-state index contributed by atoms with van der Waals surface area (Å²) in [6, 6.07) is 0.147. The minimum atomic E-state index is -0.205. The molecule has 0 saturated heterocycles. The van der Waals surface area contributed by atoms with Gasteiger partial charge in [-0.3, -0.25) is 9.59 Å². The summed E-state index contributed by atoms with van der Waals surface area (Å²) in [6.07, 6.45) is 4.45. The van der Waals surface area contributed by atoms with Gasteiger partial charge in [-0.25, -0.2) is 0 Å². The Hall–Kier alpha value is -1.76. The molecule has 1 unspecified atom stereocenters. The van der Waals surface area contributed by atoms with E-state index in [2.05, 4.69) is 35.4 Å². The van der Waals surface area contributed by atoms with Gasteiger partial charge in [-0.05, 0) is 5.92 Å². The highest BCUT2D eigenvalue weighted by molar-refractivity contribution is 7.13. The zero-order valence-electron chi connectivity index (χ0n) is 11.6. The molecule has 2 amide bonds. The molecule has 0 aromatic carbocycles. The van der Waals surface area contributed by atoms with Gasteiger partial charge in [-0.15, -0.1) is 10.2 Å². The molecule has 0 radical (unpaired) electrons. The van der Waals surface area contributed by atoms with Crippen LogP contribution in [0.5, 0.6) is 0 Å². The van der Waals surface area contributed by atoms with Gasteiger partial charge >= 0.3 is 0 Å². The number of carbonyl (C=O) groups excluding carboxylic acids is 2. The standard InChI is InChI=1S/C13H18N4O2S/c1-9(2)10-4-3-7-17(10)12(19)6-5-11(18)15-13-16-14-8-20-13/h3-4,8-10H,5-7H2,1-2H3,(H,15,16,18). The lowest BCUT2D eigenvalue weighted by atomic mass is 10.0. The lowest BCUT2D eigenvalue weighted by molar-refractivity contribution is -0.133. The van der Waals surface area contributed by atoms with Crippen molar-refractivity contribution in [3.05, 3.63) is 17.7 Å². The molecule has 1 aliphatic heterocycles. The van der Waals surface area contributed by atoms with Crippen LogP contribution in [-0.4, -0.2) is 39.5 Å². The second kappa shape index (κ2) is 6.60. The van der Waals surface area contributed by atoms with E-state index in [-0.39, 0.29) is 30.7 Å². The molecular formula is C13H18N4O2S. The van der Waals surface area contributed by atoms with Gasteiger partial charge in [0.25, 0.3) is 0 Å². The first-order valence-electron chi connectivity index (χ1n) is 6.60. The summed E-state index contributed by atoms with van der Waals surface area (Å²) < 4.78 is 0. The number of aromatic nitrogens is 2. The van der Waals surface area contributed by atoms with E-state index in [1.807, 2.05) is 11.0 Å². The van der Waals surface area contributed by atoms with Crippen molar-refractivity contribution in [2.24, 2.45) is 5.92 Å². The van der Waals surface area contributed by atoms with Gasteiger partial charge in [0.15, 0.2) is 0 Å². The number of hydrogen-bond acceptors (Lipinski definition) is 5. The van der Waals surface area contributed by atoms with E-state index >= 15 is 0 Å². The van der Waals surface area contributed by atoms with E-state index in [0.717, 1.165) is 0 Å². The van der Waals surface area contributed by atoms with Crippen LogP contribution in [0.2, 0.25) is 0 Å². The Morgan fingerprint density at radius 3 is 2.95 bits per heavy atom. The van der Waals surface area contributed by atoms with Crippen molar-refractivity contribution in [1.29, 1.82) is 0 Å². The van der Waals surface area contributed by atoms with E-state index < -0.39 is 0 Å². The topological polar surface area (TPSA) is 75.2 Å². The van der Waals surface area contributed by atoms with E-state index in [4.69, 9.17) is 0 Å². The van der Waals surface area contributed by atoms with Crippen LogP contribution >= 0.6 is 11.3 Å². The van der Waals surface area contributed by atoms with Crippen LogP contribution in [-0.2, 0) is 9.59 Å². The molecular weight excluding hydrogens is 276 g/mol. The summed E-state index contributed by atoms with van der Waals surface area (Å²) in [7, 11) is 0. The van der Waals surface area contributed by atoms with Gasteiger partial charge in [0.2, 0.25) is 16.9 Å². The SMILES string of the molecule is CC(C)C1C=CCN1C(=O)CCC(=O)Nc1nncs1. The first-order chi connectivity index (χ1) is 9.58. The quantitative estimate of drug-likeness (QED) is 0.838. The fraction of sp³-hybridized carbons (Fsp3) is 0.538. The van der Waals surface area contributed by atoms with Gasteiger partial charge in [-0.2, -0.15) is 0 Å². The van der Waals surface area contributed by atoms with Crippen LogP contribution in [0, 0.1) is 5.92 Å². The highest BCUT2D eigenvalue weighted by Crippen LogP contribution is 2.19. The molecule has 1 aromatic rings. The predicted octanol–water partition coefficient (Wildman–Crippen LogP) is 1.68. The molecule has 0 saturated carbocycles. The Balaban J connectivity index is 1.79. The second-order valence-electron chi connectivity index (χ2n) is 5.00. The summed E-state index contributed by atoms with van der Waals surface area (Å²) >= 11 is 1.26. The summed E-state index contributed by atoms with van der Waals surface area (Å²) in [5.41, 5.74) is 1.55. The van der Waals surface area contributed by atoms with Gasteiger partial charge in [0.1, 0.15) is 5.51 Å². The summed E-state index contributed by atoms with van der Waals surface area (Å²) in [5, 5.41) is 10.4. The van der Waals surface area contributed by atoms with Crippen molar-refractivity contribution in [2.75, 3.05) is 11.9 Å². The first-order valence-corrected chi connectivity index (χ1v) is 7.48. The molecule has 1 N–H and O–H groups in total. The van der Waals surface area contributed by atoms with E-state index in [9.17, 15) is 9.59 Å². The Labute approximate surface area is 121 Å². The normalized spacial score (nSPS) is 17.8. The first kappa shape index (κ1) is 14.6. The number of rotatable bonds is 5.